The molecule has 1 rings (SSSR count). The molecule has 0 aromatic rings. The third kappa shape index (κ3) is 4.78. The van der Waals surface area contributed by atoms with Crippen LogP contribution >= 0.6 is 0 Å². The molecule has 1 N–H and O–H groups in total. The Labute approximate surface area is 92.7 Å². The van der Waals surface area contributed by atoms with Gasteiger partial charge in [0.2, 0.25) is 0 Å². The summed E-state index contributed by atoms with van der Waals surface area (Å²) in [5.74, 6) is 0. The van der Waals surface area contributed by atoms with Gasteiger partial charge in [0.15, 0.2) is 0 Å². The summed E-state index contributed by atoms with van der Waals surface area (Å²) in [5.41, 5.74) is 1.33. The molecule has 1 fully saturated rings. The van der Waals surface area contributed by atoms with Crippen molar-refractivity contribution >= 4 is 0 Å². The van der Waals surface area contributed by atoms with Crippen molar-refractivity contribution < 1.29 is 9.84 Å². The van der Waals surface area contributed by atoms with Crippen LogP contribution < -0.4 is 0 Å². The van der Waals surface area contributed by atoms with E-state index in [-0.39, 0.29) is 6.61 Å². The van der Waals surface area contributed by atoms with Gasteiger partial charge in [0.25, 0.3) is 0 Å². The van der Waals surface area contributed by atoms with Crippen molar-refractivity contribution in [2.45, 2.75) is 32.3 Å². The van der Waals surface area contributed by atoms with E-state index in [0.29, 0.717) is 12.7 Å². The molecule has 88 valence electrons. The van der Waals surface area contributed by atoms with Crippen LogP contribution in [-0.2, 0) is 4.74 Å². The highest BCUT2D eigenvalue weighted by molar-refractivity contribution is 4.93. The summed E-state index contributed by atoms with van der Waals surface area (Å²) in [5, 5.41) is 8.65. The Kier molecular flexibility index (Phi) is 5.91. The second kappa shape index (κ2) is 6.99. The van der Waals surface area contributed by atoms with Gasteiger partial charge in [-0.25, -0.2) is 0 Å². The summed E-state index contributed by atoms with van der Waals surface area (Å²) >= 11 is 0. The van der Waals surface area contributed by atoms with Gasteiger partial charge in [0.05, 0.1) is 19.3 Å². The topological polar surface area (TPSA) is 32.7 Å². The maximum atomic E-state index is 8.65. The lowest BCUT2D eigenvalue weighted by Crippen LogP contribution is -2.25. The van der Waals surface area contributed by atoms with E-state index in [1.165, 1.54) is 5.57 Å². The molecule has 0 spiro atoms. The maximum absolute atomic E-state index is 8.65. The first kappa shape index (κ1) is 12.7. The van der Waals surface area contributed by atoms with Gasteiger partial charge in [-0.05, 0) is 19.3 Å². The summed E-state index contributed by atoms with van der Waals surface area (Å²) < 4.78 is 5.50. The predicted octanol–water partition coefficient (Wildman–Crippen LogP) is 1.43. The van der Waals surface area contributed by atoms with Crippen LogP contribution in [0.1, 0.15) is 26.2 Å². The molecule has 0 unspecified atom stereocenters. The number of hydrogen-bond donors (Lipinski definition) is 1. The lowest BCUT2D eigenvalue weighted by atomic mass is 10.1. The molecule has 0 radical (unpaired) electrons. The number of rotatable bonds is 7. The normalized spacial score (nSPS) is 22.1. The van der Waals surface area contributed by atoms with Crippen molar-refractivity contribution in [1.29, 1.82) is 0 Å². The van der Waals surface area contributed by atoms with Crippen molar-refractivity contribution in [2.24, 2.45) is 0 Å². The largest absolute Gasteiger partial charge is 0.394 e. The average molecular weight is 213 g/mol. The zero-order valence-electron chi connectivity index (χ0n) is 9.74. The highest BCUT2D eigenvalue weighted by atomic mass is 16.5. The summed E-state index contributed by atoms with van der Waals surface area (Å²) in [6, 6.07) is 0. The number of hydrogen-bond acceptors (Lipinski definition) is 3. The second-order valence-electron chi connectivity index (χ2n) is 4.16. The highest BCUT2D eigenvalue weighted by Gasteiger charge is 2.22. The van der Waals surface area contributed by atoms with Crippen LogP contribution in [0, 0.1) is 0 Å². The number of aliphatic hydroxyl groups excluding tert-OH is 1. The molecule has 0 aromatic carbocycles. The molecule has 3 nitrogen and oxygen atoms in total. The first-order valence-corrected chi connectivity index (χ1v) is 5.87. The molecule has 1 saturated heterocycles. The Morgan fingerprint density at radius 2 is 2.40 bits per heavy atom. The summed E-state index contributed by atoms with van der Waals surface area (Å²) in [6.45, 7) is 10.00. The monoisotopic (exact) mass is 213 g/mol. The molecule has 1 aliphatic rings. The van der Waals surface area contributed by atoms with Crippen LogP contribution in [0.2, 0.25) is 0 Å². The Balaban J connectivity index is 2.10. The third-order valence-corrected chi connectivity index (χ3v) is 2.96. The predicted molar refractivity (Wildman–Crippen MR) is 61.9 cm³/mol. The number of aliphatic hydroxyl groups is 1. The van der Waals surface area contributed by atoms with E-state index in [1.54, 1.807) is 0 Å². The summed E-state index contributed by atoms with van der Waals surface area (Å²) in [4.78, 5) is 2.42. The molecule has 1 heterocycles. The van der Waals surface area contributed by atoms with E-state index in [1.807, 2.05) is 0 Å². The number of nitrogens with zero attached hydrogens (tertiary/aromatic N) is 1. The zero-order chi connectivity index (χ0) is 11.1. The first-order chi connectivity index (χ1) is 7.26. The second-order valence-corrected chi connectivity index (χ2v) is 4.16. The minimum atomic E-state index is 0.128. The third-order valence-electron chi connectivity index (χ3n) is 2.96. The molecule has 0 aliphatic carbocycles. The van der Waals surface area contributed by atoms with E-state index < -0.39 is 0 Å². The summed E-state index contributed by atoms with van der Waals surface area (Å²) in [6.07, 6.45) is 3.60. The molecular formula is C12H23NO2. The maximum Gasteiger partial charge on any atom is 0.0715 e. The van der Waals surface area contributed by atoms with Gasteiger partial charge in [-0.1, -0.05) is 19.1 Å². The van der Waals surface area contributed by atoms with Crippen LogP contribution in [0.3, 0.4) is 0 Å². The van der Waals surface area contributed by atoms with Crippen LogP contribution in [0.15, 0.2) is 12.2 Å². The van der Waals surface area contributed by atoms with Crippen molar-refractivity contribution in [1.82, 2.24) is 4.90 Å². The van der Waals surface area contributed by atoms with Crippen molar-refractivity contribution in [2.75, 3.05) is 32.8 Å². The smallest absolute Gasteiger partial charge is 0.0715 e. The van der Waals surface area contributed by atoms with Crippen LogP contribution in [0.25, 0.3) is 0 Å². The minimum Gasteiger partial charge on any atom is -0.394 e. The van der Waals surface area contributed by atoms with Gasteiger partial charge in [-0.15, -0.1) is 0 Å². The van der Waals surface area contributed by atoms with Gasteiger partial charge in [-0.3, -0.25) is 0 Å². The molecule has 0 saturated carbocycles. The number of likely N-dealkylation sites (tertiary alicyclic amines) is 1. The Bertz CT molecular complexity index is 194. The van der Waals surface area contributed by atoms with Crippen LogP contribution in [0.4, 0.5) is 0 Å². The minimum absolute atomic E-state index is 0.128. The van der Waals surface area contributed by atoms with Crippen molar-refractivity contribution in [3.63, 3.8) is 0 Å². The SMILES string of the molecule is C=C(CC)CCN1CC[C@@H](OCCO)C1. The standard InChI is InChI=1S/C12H23NO2/c1-3-11(2)4-6-13-7-5-12(10-13)15-9-8-14/h12,14H,2-10H2,1H3/t12-/m1/s1. The quantitative estimate of drug-likeness (QED) is 0.649. The fourth-order valence-corrected chi connectivity index (χ4v) is 1.85. The van der Waals surface area contributed by atoms with Gasteiger partial charge in [-0.2, -0.15) is 0 Å². The van der Waals surface area contributed by atoms with E-state index in [0.717, 1.165) is 38.9 Å². The highest BCUT2D eigenvalue weighted by Crippen LogP contribution is 2.14. The van der Waals surface area contributed by atoms with Crippen molar-refractivity contribution in [3.05, 3.63) is 12.2 Å². The van der Waals surface area contributed by atoms with E-state index in [9.17, 15) is 0 Å². The Morgan fingerprint density at radius 1 is 1.60 bits per heavy atom. The molecule has 3 heteroatoms. The molecule has 0 aromatic heterocycles. The van der Waals surface area contributed by atoms with Crippen molar-refractivity contribution in [3.8, 4) is 0 Å². The Morgan fingerprint density at radius 3 is 3.07 bits per heavy atom. The van der Waals surface area contributed by atoms with Gasteiger partial charge in [0.1, 0.15) is 0 Å². The van der Waals surface area contributed by atoms with Gasteiger partial charge >= 0.3 is 0 Å². The molecule has 0 bridgehead atoms. The fraction of sp³-hybridized carbons (Fsp3) is 0.833. The molecule has 15 heavy (non-hydrogen) atoms. The fourth-order valence-electron chi connectivity index (χ4n) is 1.85. The molecular weight excluding hydrogens is 190 g/mol. The van der Waals surface area contributed by atoms with Gasteiger partial charge in [0, 0.05) is 19.6 Å². The number of ether oxygens (including phenoxy) is 1. The summed E-state index contributed by atoms with van der Waals surface area (Å²) in [7, 11) is 0. The average Bonchev–Trinajstić information content (AvgIpc) is 2.71. The van der Waals surface area contributed by atoms with E-state index in [4.69, 9.17) is 9.84 Å². The van der Waals surface area contributed by atoms with E-state index >= 15 is 0 Å². The van der Waals surface area contributed by atoms with E-state index in [2.05, 4.69) is 18.4 Å². The van der Waals surface area contributed by atoms with Crippen LogP contribution in [-0.4, -0.2) is 49.0 Å². The zero-order valence-corrected chi connectivity index (χ0v) is 9.74. The Hall–Kier alpha value is -0.380. The molecule has 1 aliphatic heterocycles. The lowest BCUT2D eigenvalue weighted by Gasteiger charge is -2.16. The van der Waals surface area contributed by atoms with Gasteiger partial charge < -0.3 is 14.7 Å². The van der Waals surface area contributed by atoms with Crippen LogP contribution in [0.5, 0.6) is 0 Å². The molecule has 1 atom stereocenters. The molecule has 0 amide bonds. The lowest BCUT2D eigenvalue weighted by molar-refractivity contribution is 0.0342. The first-order valence-electron chi connectivity index (χ1n) is 5.87.